The highest BCUT2D eigenvalue weighted by Gasteiger charge is 2.02. The zero-order valence-corrected chi connectivity index (χ0v) is 8.45. The lowest BCUT2D eigenvalue weighted by molar-refractivity contribution is 0.761. The molecule has 0 bridgehead atoms. The molecule has 1 heteroatoms. The topological polar surface area (TPSA) is 0 Å². The van der Waals surface area contributed by atoms with Crippen molar-refractivity contribution in [2.24, 2.45) is 5.92 Å². The Morgan fingerprint density at radius 2 is 2.17 bits per heavy atom. The third-order valence-corrected chi connectivity index (χ3v) is 3.11. The second kappa shape index (κ2) is 4.33. The third kappa shape index (κ3) is 2.39. The third-order valence-electron chi connectivity index (χ3n) is 1.86. The summed E-state index contributed by atoms with van der Waals surface area (Å²) in [6.45, 7) is 4.27. The molecule has 1 aromatic heterocycles. The van der Waals surface area contributed by atoms with Gasteiger partial charge in [-0.2, -0.15) is 0 Å². The molecular weight excluding hydrogens is 164 g/mol. The predicted octanol–water partition coefficient (Wildman–Crippen LogP) is 3.12. The Kier molecular flexibility index (Phi) is 3.37. The summed E-state index contributed by atoms with van der Waals surface area (Å²) >= 11 is 1.88. The molecule has 0 aromatic carbocycles. The summed E-state index contributed by atoms with van der Waals surface area (Å²) < 4.78 is 0. The summed E-state index contributed by atoms with van der Waals surface area (Å²) in [5.74, 6) is 3.12. The quantitative estimate of drug-likeness (QED) is 0.624. The van der Waals surface area contributed by atoms with Crippen molar-refractivity contribution in [3.63, 3.8) is 0 Å². The number of hydrogen-bond acceptors (Lipinski definition) is 1. The number of aryl methyl sites for hydroxylation is 1. The lowest BCUT2D eigenvalue weighted by Crippen LogP contribution is -1.92. The highest BCUT2D eigenvalue weighted by molar-refractivity contribution is 7.11. The molecular formula is C11H14S. The van der Waals surface area contributed by atoms with E-state index in [0.29, 0.717) is 5.92 Å². The maximum atomic E-state index is 5.31. The van der Waals surface area contributed by atoms with Crippen molar-refractivity contribution in [1.82, 2.24) is 0 Å². The van der Waals surface area contributed by atoms with E-state index in [-0.39, 0.29) is 0 Å². The monoisotopic (exact) mass is 178 g/mol. The molecule has 0 aliphatic heterocycles. The largest absolute Gasteiger partial charge is 0.145 e. The minimum absolute atomic E-state index is 0.369. The van der Waals surface area contributed by atoms with Gasteiger partial charge in [0.05, 0.1) is 0 Å². The van der Waals surface area contributed by atoms with E-state index in [1.54, 1.807) is 0 Å². The fraction of sp³-hybridized carbons (Fsp3) is 0.455. The van der Waals surface area contributed by atoms with Gasteiger partial charge in [-0.05, 0) is 25.0 Å². The van der Waals surface area contributed by atoms with E-state index in [1.165, 1.54) is 9.75 Å². The van der Waals surface area contributed by atoms with Crippen LogP contribution < -0.4 is 0 Å². The minimum atomic E-state index is 0.369. The van der Waals surface area contributed by atoms with Gasteiger partial charge in [0.15, 0.2) is 0 Å². The van der Waals surface area contributed by atoms with Crippen molar-refractivity contribution >= 4 is 11.3 Å². The van der Waals surface area contributed by atoms with Crippen LogP contribution in [0.4, 0.5) is 0 Å². The first-order valence-corrected chi connectivity index (χ1v) is 5.11. The van der Waals surface area contributed by atoms with E-state index >= 15 is 0 Å². The zero-order valence-electron chi connectivity index (χ0n) is 7.63. The smallest absolute Gasteiger partial charge is 0.0220 e. The second-order valence-electron chi connectivity index (χ2n) is 2.99. The molecule has 0 nitrogen and oxygen atoms in total. The first kappa shape index (κ1) is 9.35. The van der Waals surface area contributed by atoms with Gasteiger partial charge >= 0.3 is 0 Å². The van der Waals surface area contributed by atoms with Gasteiger partial charge in [0.25, 0.3) is 0 Å². The van der Waals surface area contributed by atoms with E-state index in [0.717, 1.165) is 12.8 Å². The predicted molar refractivity (Wildman–Crippen MR) is 55.4 cm³/mol. The summed E-state index contributed by atoms with van der Waals surface area (Å²) in [4.78, 5) is 2.87. The van der Waals surface area contributed by atoms with Crippen molar-refractivity contribution in [3.8, 4) is 12.3 Å². The minimum Gasteiger partial charge on any atom is -0.145 e. The average Bonchev–Trinajstić information content (AvgIpc) is 2.52. The summed E-state index contributed by atoms with van der Waals surface area (Å²) in [6, 6.07) is 4.39. The van der Waals surface area contributed by atoms with Gasteiger partial charge in [0.2, 0.25) is 0 Å². The summed E-state index contributed by atoms with van der Waals surface area (Å²) in [5, 5.41) is 0. The van der Waals surface area contributed by atoms with Crippen LogP contribution in [0.15, 0.2) is 12.1 Å². The summed E-state index contributed by atoms with van der Waals surface area (Å²) in [7, 11) is 0. The van der Waals surface area contributed by atoms with E-state index < -0.39 is 0 Å². The Morgan fingerprint density at radius 1 is 1.50 bits per heavy atom. The molecule has 0 saturated carbocycles. The average molecular weight is 178 g/mol. The van der Waals surface area contributed by atoms with Crippen LogP contribution in [0.2, 0.25) is 0 Å². The van der Waals surface area contributed by atoms with Crippen LogP contribution in [0, 0.1) is 18.3 Å². The fourth-order valence-electron chi connectivity index (χ4n) is 1.08. The Balaban J connectivity index is 2.59. The van der Waals surface area contributed by atoms with Crippen LogP contribution >= 0.6 is 11.3 Å². The molecule has 0 radical (unpaired) electrons. The molecule has 1 unspecified atom stereocenters. The maximum Gasteiger partial charge on any atom is 0.0220 e. The Labute approximate surface area is 78.6 Å². The molecule has 1 atom stereocenters. The number of rotatable bonds is 3. The van der Waals surface area contributed by atoms with Gasteiger partial charge in [0.1, 0.15) is 0 Å². The van der Waals surface area contributed by atoms with Crippen molar-refractivity contribution in [3.05, 3.63) is 21.9 Å². The standard InChI is InChI=1S/C11H14S/c1-4-9(3)8-11-7-6-10(5-2)12-11/h1,6-7,9H,5,8H2,2-3H3. The van der Waals surface area contributed by atoms with Gasteiger partial charge in [0, 0.05) is 15.7 Å². The van der Waals surface area contributed by atoms with Crippen LogP contribution in [0.5, 0.6) is 0 Å². The highest BCUT2D eigenvalue weighted by Crippen LogP contribution is 2.19. The molecule has 0 fully saturated rings. The molecule has 0 amide bonds. The lowest BCUT2D eigenvalue weighted by atomic mass is 10.1. The van der Waals surface area contributed by atoms with Crippen LogP contribution in [0.1, 0.15) is 23.6 Å². The maximum absolute atomic E-state index is 5.31. The first-order valence-electron chi connectivity index (χ1n) is 4.30. The first-order chi connectivity index (χ1) is 5.76. The van der Waals surface area contributed by atoms with Gasteiger partial charge in [-0.15, -0.1) is 23.7 Å². The van der Waals surface area contributed by atoms with E-state index in [9.17, 15) is 0 Å². The van der Waals surface area contributed by atoms with Crippen LogP contribution in [-0.2, 0) is 12.8 Å². The van der Waals surface area contributed by atoms with Crippen molar-refractivity contribution in [2.45, 2.75) is 26.7 Å². The molecule has 0 saturated heterocycles. The normalized spacial score (nSPS) is 12.4. The van der Waals surface area contributed by atoms with Gasteiger partial charge < -0.3 is 0 Å². The van der Waals surface area contributed by atoms with Crippen LogP contribution in [0.3, 0.4) is 0 Å². The Hall–Kier alpha value is -0.740. The highest BCUT2D eigenvalue weighted by atomic mass is 32.1. The molecule has 0 N–H and O–H groups in total. The van der Waals surface area contributed by atoms with E-state index in [4.69, 9.17) is 6.42 Å². The number of hydrogen-bond donors (Lipinski definition) is 0. The molecule has 1 aromatic rings. The van der Waals surface area contributed by atoms with E-state index in [2.05, 4.69) is 31.9 Å². The Morgan fingerprint density at radius 3 is 2.67 bits per heavy atom. The van der Waals surface area contributed by atoms with Crippen molar-refractivity contribution < 1.29 is 0 Å². The summed E-state index contributed by atoms with van der Waals surface area (Å²) in [6.07, 6.45) is 7.48. The molecule has 1 heterocycles. The molecule has 0 aliphatic rings. The lowest BCUT2D eigenvalue weighted by Gasteiger charge is -1.98. The SMILES string of the molecule is C#CC(C)Cc1ccc(CC)s1. The van der Waals surface area contributed by atoms with Crippen molar-refractivity contribution in [2.75, 3.05) is 0 Å². The molecule has 64 valence electrons. The summed E-state index contributed by atoms with van der Waals surface area (Å²) in [5.41, 5.74) is 0. The molecule has 0 spiro atoms. The number of terminal acetylenes is 1. The van der Waals surface area contributed by atoms with E-state index in [1.807, 2.05) is 11.3 Å². The van der Waals surface area contributed by atoms with Crippen molar-refractivity contribution in [1.29, 1.82) is 0 Å². The van der Waals surface area contributed by atoms with Crippen LogP contribution in [0.25, 0.3) is 0 Å². The molecule has 12 heavy (non-hydrogen) atoms. The number of thiophene rings is 1. The van der Waals surface area contributed by atoms with Gasteiger partial charge in [-0.1, -0.05) is 13.8 Å². The molecule has 0 aliphatic carbocycles. The fourth-order valence-corrected chi connectivity index (χ4v) is 2.17. The molecule has 1 rings (SSSR count). The zero-order chi connectivity index (χ0) is 8.97. The van der Waals surface area contributed by atoms with Gasteiger partial charge in [-0.25, -0.2) is 0 Å². The second-order valence-corrected chi connectivity index (χ2v) is 4.25. The Bertz CT molecular complexity index is 277. The van der Waals surface area contributed by atoms with Crippen LogP contribution in [-0.4, -0.2) is 0 Å². The van der Waals surface area contributed by atoms with Gasteiger partial charge in [-0.3, -0.25) is 0 Å².